The summed E-state index contributed by atoms with van der Waals surface area (Å²) in [5, 5.41) is 2.97. The summed E-state index contributed by atoms with van der Waals surface area (Å²) < 4.78 is 13.0. The van der Waals surface area contributed by atoms with E-state index in [4.69, 9.17) is 0 Å². The Kier molecular flexibility index (Phi) is 5.76. The molecule has 4 rings (SSSR count). The first kappa shape index (κ1) is 19.1. The number of likely N-dealkylation sites (tertiary alicyclic amines) is 1. The number of piperidine rings is 1. The van der Waals surface area contributed by atoms with Gasteiger partial charge >= 0.3 is 0 Å². The molecule has 1 aromatic heterocycles. The Labute approximate surface area is 168 Å². The normalized spacial score (nSPS) is 19.2. The van der Waals surface area contributed by atoms with E-state index in [-0.39, 0.29) is 23.5 Å². The molecule has 0 bridgehead atoms. The van der Waals surface area contributed by atoms with Crippen LogP contribution in [0, 0.1) is 11.7 Å². The molecule has 0 saturated carbocycles. The van der Waals surface area contributed by atoms with Crippen molar-refractivity contribution in [2.75, 3.05) is 13.1 Å². The average Bonchev–Trinajstić information content (AvgIpc) is 3.16. The summed E-state index contributed by atoms with van der Waals surface area (Å²) >= 11 is 1.60. The highest BCUT2D eigenvalue weighted by Crippen LogP contribution is 2.33. The predicted molar refractivity (Wildman–Crippen MR) is 108 cm³/mol. The second kappa shape index (κ2) is 8.43. The van der Waals surface area contributed by atoms with Gasteiger partial charge in [0.05, 0.1) is 4.88 Å². The van der Waals surface area contributed by atoms with Crippen LogP contribution in [0.2, 0.25) is 0 Å². The quantitative estimate of drug-likeness (QED) is 0.845. The number of nitrogens with zero attached hydrogens (tertiary/aromatic N) is 1. The van der Waals surface area contributed by atoms with Crippen molar-refractivity contribution in [2.45, 2.75) is 45.1 Å². The van der Waals surface area contributed by atoms with Crippen molar-refractivity contribution in [1.82, 2.24) is 10.2 Å². The minimum atomic E-state index is -0.276. The van der Waals surface area contributed by atoms with E-state index in [0.717, 1.165) is 54.8 Å². The Morgan fingerprint density at radius 3 is 2.64 bits per heavy atom. The molecule has 6 heteroatoms. The monoisotopic (exact) mass is 400 g/mol. The molecular formula is C22H25FN2O2S. The lowest BCUT2D eigenvalue weighted by molar-refractivity contribution is -0.125. The molecule has 1 N–H and O–H groups in total. The van der Waals surface area contributed by atoms with Crippen LogP contribution in [-0.2, 0) is 24.2 Å². The number of rotatable bonds is 4. The van der Waals surface area contributed by atoms with Crippen molar-refractivity contribution in [3.63, 3.8) is 0 Å². The Bertz CT molecular complexity index is 856. The van der Waals surface area contributed by atoms with E-state index in [2.05, 4.69) is 5.32 Å². The number of thiophene rings is 1. The van der Waals surface area contributed by atoms with Gasteiger partial charge in [-0.05, 0) is 67.9 Å². The number of hydrogen-bond acceptors (Lipinski definition) is 3. The van der Waals surface area contributed by atoms with Crippen LogP contribution in [0.1, 0.15) is 51.4 Å². The van der Waals surface area contributed by atoms with E-state index in [9.17, 15) is 14.0 Å². The van der Waals surface area contributed by atoms with Gasteiger partial charge < -0.3 is 10.2 Å². The van der Waals surface area contributed by atoms with Gasteiger partial charge in [0.1, 0.15) is 5.82 Å². The number of amides is 2. The molecule has 1 aromatic carbocycles. The average molecular weight is 401 g/mol. The van der Waals surface area contributed by atoms with E-state index in [1.54, 1.807) is 23.5 Å². The molecule has 0 unspecified atom stereocenters. The number of halogens is 1. The third-order valence-electron chi connectivity index (χ3n) is 5.69. The summed E-state index contributed by atoms with van der Waals surface area (Å²) in [6.07, 6.45) is 5.73. The van der Waals surface area contributed by atoms with Gasteiger partial charge in [-0.3, -0.25) is 9.59 Å². The standard InChI is InChI=1S/C22H25FN2O2S/c23-18-7-4-15(5-8-18)14-24-21(26)16-6-9-19-17(12-16)13-20(28-19)22(27)25-10-2-1-3-11-25/h4-5,7-8,13,16H,1-3,6,9-12,14H2,(H,24,26)/t16-/m0/s1. The van der Waals surface area contributed by atoms with Gasteiger partial charge in [0.2, 0.25) is 5.91 Å². The highest BCUT2D eigenvalue weighted by Gasteiger charge is 2.28. The van der Waals surface area contributed by atoms with Crippen LogP contribution in [0.5, 0.6) is 0 Å². The third-order valence-corrected chi connectivity index (χ3v) is 6.91. The molecule has 28 heavy (non-hydrogen) atoms. The molecule has 1 aliphatic heterocycles. The molecule has 4 nitrogen and oxygen atoms in total. The minimum absolute atomic E-state index is 0.0325. The Hall–Kier alpha value is -2.21. The number of nitrogens with one attached hydrogen (secondary N) is 1. The summed E-state index contributed by atoms with van der Waals surface area (Å²) in [5.41, 5.74) is 2.04. The number of fused-ring (bicyclic) bond motifs is 1. The van der Waals surface area contributed by atoms with Gasteiger partial charge in [-0.1, -0.05) is 12.1 Å². The van der Waals surface area contributed by atoms with E-state index in [0.29, 0.717) is 13.0 Å². The van der Waals surface area contributed by atoms with Crippen molar-refractivity contribution in [3.8, 4) is 0 Å². The van der Waals surface area contributed by atoms with Crippen molar-refractivity contribution in [3.05, 3.63) is 57.0 Å². The zero-order chi connectivity index (χ0) is 19.5. The first-order chi connectivity index (χ1) is 13.6. The summed E-state index contributed by atoms with van der Waals surface area (Å²) in [6, 6.07) is 8.19. The number of carbonyl (C=O) groups excluding carboxylic acids is 2. The lowest BCUT2D eigenvalue weighted by Gasteiger charge is -2.26. The first-order valence-electron chi connectivity index (χ1n) is 10.0. The molecule has 2 aromatic rings. The maximum absolute atomic E-state index is 13.0. The molecule has 2 amide bonds. The molecule has 1 atom stereocenters. The zero-order valence-electron chi connectivity index (χ0n) is 15.9. The van der Waals surface area contributed by atoms with Crippen molar-refractivity contribution < 1.29 is 14.0 Å². The molecule has 2 aliphatic rings. The third kappa shape index (κ3) is 4.27. The highest BCUT2D eigenvalue weighted by atomic mass is 32.1. The number of benzene rings is 1. The topological polar surface area (TPSA) is 49.4 Å². The maximum Gasteiger partial charge on any atom is 0.263 e. The zero-order valence-corrected chi connectivity index (χ0v) is 16.7. The van der Waals surface area contributed by atoms with Crippen LogP contribution in [0.25, 0.3) is 0 Å². The molecule has 1 aliphatic carbocycles. The first-order valence-corrected chi connectivity index (χ1v) is 10.8. The SMILES string of the molecule is O=C(NCc1ccc(F)cc1)[C@H]1CCc2sc(C(=O)N3CCCCC3)cc2C1. The molecule has 2 heterocycles. The molecular weight excluding hydrogens is 375 g/mol. The fraction of sp³-hybridized carbons (Fsp3) is 0.455. The Balaban J connectivity index is 1.36. The van der Waals surface area contributed by atoms with Gasteiger partial charge in [0, 0.05) is 30.4 Å². The van der Waals surface area contributed by atoms with Crippen LogP contribution in [0.3, 0.4) is 0 Å². The molecule has 1 fully saturated rings. The van der Waals surface area contributed by atoms with Crippen LogP contribution in [0.4, 0.5) is 4.39 Å². The smallest absolute Gasteiger partial charge is 0.263 e. The Morgan fingerprint density at radius 2 is 1.89 bits per heavy atom. The fourth-order valence-corrected chi connectivity index (χ4v) is 5.22. The van der Waals surface area contributed by atoms with Crippen LogP contribution >= 0.6 is 11.3 Å². The molecule has 0 spiro atoms. The highest BCUT2D eigenvalue weighted by molar-refractivity contribution is 7.14. The van der Waals surface area contributed by atoms with Crippen LogP contribution in [0.15, 0.2) is 30.3 Å². The summed E-state index contributed by atoms with van der Waals surface area (Å²) in [5.74, 6) is -0.163. The number of carbonyl (C=O) groups is 2. The van der Waals surface area contributed by atoms with Gasteiger partial charge in [-0.25, -0.2) is 4.39 Å². The summed E-state index contributed by atoms with van der Waals surface area (Å²) in [4.78, 5) is 29.4. The van der Waals surface area contributed by atoms with Gasteiger partial charge in [0.15, 0.2) is 0 Å². The van der Waals surface area contributed by atoms with Crippen LogP contribution in [-0.4, -0.2) is 29.8 Å². The second-order valence-electron chi connectivity index (χ2n) is 7.70. The maximum atomic E-state index is 13.0. The van der Waals surface area contributed by atoms with E-state index < -0.39 is 0 Å². The van der Waals surface area contributed by atoms with Gasteiger partial charge in [0.25, 0.3) is 5.91 Å². The van der Waals surface area contributed by atoms with Crippen molar-refractivity contribution in [2.24, 2.45) is 5.92 Å². The van der Waals surface area contributed by atoms with E-state index in [1.165, 1.54) is 23.4 Å². The van der Waals surface area contributed by atoms with E-state index >= 15 is 0 Å². The summed E-state index contributed by atoms with van der Waals surface area (Å²) in [7, 11) is 0. The van der Waals surface area contributed by atoms with Crippen molar-refractivity contribution in [1.29, 1.82) is 0 Å². The van der Waals surface area contributed by atoms with Gasteiger partial charge in [-0.2, -0.15) is 0 Å². The fourth-order valence-electron chi connectivity index (χ4n) is 4.04. The summed E-state index contributed by atoms with van der Waals surface area (Å²) in [6.45, 7) is 2.12. The number of aryl methyl sites for hydroxylation is 1. The Morgan fingerprint density at radius 1 is 1.14 bits per heavy atom. The van der Waals surface area contributed by atoms with E-state index in [1.807, 2.05) is 11.0 Å². The minimum Gasteiger partial charge on any atom is -0.352 e. The lowest BCUT2D eigenvalue weighted by atomic mass is 9.87. The molecule has 1 saturated heterocycles. The van der Waals surface area contributed by atoms with Crippen LogP contribution < -0.4 is 5.32 Å². The lowest BCUT2D eigenvalue weighted by Crippen LogP contribution is -2.35. The molecule has 0 radical (unpaired) electrons. The van der Waals surface area contributed by atoms with Gasteiger partial charge in [-0.15, -0.1) is 11.3 Å². The molecule has 148 valence electrons. The largest absolute Gasteiger partial charge is 0.352 e. The second-order valence-corrected chi connectivity index (χ2v) is 8.83. The van der Waals surface area contributed by atoms with Crippen molar-refractivity contribution >= 4 is 23.2 Å². The number of hydrogen-bond donors (Lipinski definition) is 1. The predicted octanol–water partition coefficient (Wildman–Crippen LogP) is 3.93.